The number of carbonyl (C=O) groups excluding carboxylic acids is 1. The minimum Gasteiger partial charge on any atom is -0.387 e. The third kappa shape index (κ3) is 4.94. The predicted octanol–water partition coefficient (Wildman–Crippen LogP) is 1.43. The van der Waals surface area contributed by atoms with Crippen LogP contribution in [0, 0.1) is 0 Å². The lowest BCUT2D eigenvalue weighted by Crippen LogP contribution is -2.27. The van der Waals surface area contributed by atoms with Crippen molar-refractivity contribution < 1.29 is 18.3 Å². The third-order valence-corrected chi connectivity index (χ3v) is 5.50. The molecule has 6 nitrogen and oxygen atoms in total. The molecule has 0 fully saturated rings. The minimum absolute atomic E-state index is 0.0997. The molecule has 0 spiro atoms. The second-order valence-corrected chi connectivity index (χ2v) is 7.69. The highest BCUT2D eigenvalue weighted by Gasteiger charge is 2.16. The van der Waals surface area contributed by atoms with Crippen LogP contribution in [0.1, 0.15) is 24.6 Å². The molecule has 0 aliphatic heterocycles. The normalized spacial score (nSPS) is 12.8. The first-order valence-electron chi connectivity index (χ1n) is 7.74. The Morgan fingerprint density at radius 1 is 1.21 bits per heavy atom. The smallest absolute Gasteiger partial charge is 0.221 e. The zero-order valence-corrected chi connectivity index (χ0v) is 14.4. The molecule has 0 aliphatic carbocycles. The largest absolute Gasteiger partial charge is 0.387 e. The molecule has 0 saturated carbocycles. The zero-order chi connectivity index (χ0) is 17.6. The predicted molar refractivity (Wildman–Crippen MR) is 91.1 cm³/mol. The van der Waals surface area contributed by atoms with Gasteiger partial charge in [0.05, 0.1) is 16.8 Å². The van der Waals surface area contributed by atoms with Crippen molar-refractivity contribution in [1.29, 1.82) is 0 Å². The van der Waals surface area contributed by atoms with Crippen LogP contribution in [0.5, 0.6) is 0 Å². The van der Waals surface area contributed by atoms with Crippen LogP contribution < -0.4 is 5.32 Å². The molecular formula is C17H22N2O4S. The van der Waals surface area contributed by atoms with Crippen LogP contribution in [0.2, 0.25) is 0 Å². The summed E-state index contributed by atoms with van der Waals surface area (Å²) in [5.74, 6) is -0.572. The molecule has 24 heavy (non-hydrogen) atoms. The third-order valence-electron chi connectivity index (χ3n) is 3.77. The molecule has 1 heterocycles. The fourth-order valence-electron chi connectivity index (χ4n) is 2.38. The zero-order valence-electron chi connectivity index (χ0n) is 13.6. The van der Waals surface area contributed by atoms with E-state index in [-0.39, 0.29) is 29.5 Å². The van der Waals surface area contributed by atoms with Crippen molar-refractivity contribution in [1.82, 2.24) is 9.88 Å². The number of nitrogens with one attached hydrogen (secondary N) is 1. The van der Waals surface area contributed by atoms with Gasteiger partial charge in [-0.05, 0) is 30.7 Å². The SMILES string of the molecule is Cn1cccc1C(O)CCNC(=O)CCS(=O)(=O)c1ccccc1. The maximum Gasteiger partial charge on any atom is 0.221 e. The van der Waals surface area contributed by atoms with E-state index < -0.39 is 15.9 Å². The fourth-order valence-corrected chi connectivity index (χ4v) is 3.64. The first kappa shape index (κ1) is 18.2. The minimum atomic E-state index is -3.45. The van der Waals surface area contributed by atoms with Crippen molar-refractivity contribution in [2.45, 2.75) is 23.8 Å². The van der Waals surface area contributed by atoms with Gasteiger partial charge in [-0.2, -0.15) is 0 Å². The Labute approximate surface area is 142 Å². The number of benzene rings is 1. The van der Waals surface area contributed by atoms with E-state index in [9.17, 15) is 18.3 Å². The Balaban J connectivity index is 1.75. The number of amides is 1. The number of aromatic nitrogens is 1. The molecule has 2 rings (SSSR count). The summed E-state index contributed by atoms with van der Waals surface area (Å²) in [6, 6.07) is 11.7. The van der Waals surface area contributed by atoms with Gasteiger partial charge in [0, 0.05) is 31.9 Å². The average molecular weight is 350 g/mol. The van der Waals surface area contributed by atoms with Gasteiger partial charge in [0.15, 0.2) is 9.84 Å². The summed E-state index contributed by atoms with van der Waals surface area (Å²) in [4.78, 5) is 12.0. The molecule has 0 bridgehead atoms. The maximum atomic E-state index is 12.1. The molecule has 0 saturated heterocycles. The van der Waals surface area contributed by atoms with Crippen LogP contribution in [-0.4, -0.2) is 36.3 Å². The molecule has 2 aromatic rings. The van der Waals surface area contributed by atoms with Crippen molar-refractivity contribution in [3.63, 3.8) is 0 Å². The number of hydrogen-bond acceptors (Lipinski definition) is 4. The number of aliphatic hydroxyl groups excluding tert-OH is 1. The van der Waals surface area contributed by atoms with Gasteiger partial charge in [0.2, 0.25) is 5.91 Å². The topological polar surface area (TPSA) is 88.4 Å². The standard InChI is InChI=1S/C17H22N2O4S/c1-19-12-5-8-15(19)16(20)9-11-18-17(21)10-13-24(22,23)14-6-3-2-4-7-14/h2-8,12,16,20H,9-11,13H2,1H3,(H,18,21). The van der Waals surface area contributed by atoms with Gasteiger partial charge in [-0.25, -0.2) is 8.42 Å². The van der Waals surface area contributed by atoms with Crippen molar-refractivity contribution in [2.75, 3.05) is 12.3 Å². The second-order valence-electron chi connectivity index (χ2n) is 5.58. The van der Waals surface area contributed by atoms with Crippen LogP contribution in [-0.2, 0) is 21.7 Å². The average Bonchev–Trinajstić information content (AvgIpc) is 3.00. The van der Waals surface area contributed by atoms with Crippen LogP contribution in [0.4, 0.5) is 0 Å². The van der Waals surface area contributed by atoms with Gasteiger partial charge in [-0.3, -0.25) is 4.79 Å². The summed E-state index contributed by atoms with van der Waals surface area (Å²) >= 11 is 0. The molecule has 0 aliphatic rings. The summed E-state index contributed by atoms with van der Waals surface area (Å²) in [5.41, 5.74) is 0.774. The molecule has 1 atom stereocenters. The van der Waals surface area contributed by atoms with E-state index >= 15 is 0 Å². The van der Waals surface area contributed by atoms with E-state index in [2.05, 4.69) is 5.32 Å². The quantitative estimate of drug-likeness (QED) is 0.754. The summed E-state index contributed by atoms with van der Waals surface area (Å²) in [6.45, 7) is 0.288. The van der Waals surface area contributed by atoms with Crippen molar-refractivity contribution in [2.24, 2.45) is 7.05 Å². The van der Waals surface area contributed by atoms with Crippen LogP contribution in [0.15, 0.2) is 53.6 Å². The highest BCUT2D eigenvalue weighted by atomic mass is 32.2. The van der Waals surface area contributed by atoms with E-state index in [1.165, 1.54) is 12.1 Å². The van der Waals surface area contributed by atoms with E-state index in [1.54, 1.807) is 18.2 Å². The summed E-state index contributed by atoms with van der Waals surface area (Å²) in [5, 5.41) is 12.7. The Kier molecular flexibility index (Phi) is 6.16. The Morgan fingerprint density at radius 3 is 2.54 bits per heavy atom. The van der Waals surface area contributed by atoms with Crippen LogP contribution >= 0.6 is 0 Å². The maximum absolute atomic E-state index is 12.1. The van der Waals surface area contributed by atoms with Gasteiger partial charge < -0.3 is 15.0 Å². The van der Waals surface area contributed by atoms with E-state index in [0.29, 0.717) is 6.42 Å². The first-order chi connectivity index (χ1) is 11.4. The van der Waals surface area contributed by atoms with E-state index in [0.717, 1.165) is 5.69 Å². The lowest BCUT2D eigenvalue weighted by atomic mass is 10.2. The molecule has 2 N–H and O–H groups in total. The van der Waals surface area contributed by atoms with Gasteiger partial charge in [-0.1, -0.05) is 18.2 Å². The van der Waals surface area contributed by atoms with Crippen molar-refractivity contribution in [3.05, 3.63) is 54.4 Å². The van der Waals surface area contributed by atoms with Gasteiger partial charge >= 0.3 is 0 Å². The van der Waals surface area contributed by atoms with Crippen molar-refractivity contribution >= 4 is 15.7 Å². The van der Waals surface area contributed by atoms with Crippen LogP contribution in [0.25, 0.3) is 0 Å². The van der Waals surface area contributed by atoms with Crippen LogP contribution in [0.3, 0.4) is 0 Å². The molecule has 0 radical (unpaired) electrons. The first-order valence-corrected chi connectivity index (χ1v) is 9.39. The number of aliphatic hydroxyl groups is 1. The lowest BCUT2D eigenvalue weighted by molar-refractivity contribution is -0.120. The molecule has 1 unspecified atom stereocenters. The summed E-state index contributed by atoms with van der Waals surface area (Å²) in [6.07, 6.45) is 1.44. The van der Waals surface area contributed by atoms with Gasteiger partial charge in [0.1, 0.15) is 0 Å². The number of rotatable bonds is 8. The van der Waals surface area contributed by atoms with Gasteiger partial charge in [-0.15, -0.1) is 0 Å². The number of sulfone groups is 1. The van der Waals surface area contributed by atoms with Gasteiger partial charge in [0.25, 0.3) is 0 Å². The Morgan fingerprint density at radius 2 is 1.92 bits per heavy atom. The molecule has 1 aromatic carbocycles. The van der Waals surface area contributed by atoms with Crippen molar-refractivity contribution in [3.8, 4) is 0 Å². The highest BCUT2D eigenvalue weighted by molar-refractivity contribution is 7.91. The molecular weight excluding hydrogens is 328 g/mol. The molecule has 7 heteroatoms. The number of nitrogens with zero attached hydrogens (tertiary/aromatic N) is 1. The second kappa shape index (κ2) is 8.12. The number of aryl methyl sites for hydroxylation is 1. The number of carbonyl (C=O) groups is 1. The molecule has 1 amide bonds. The fraction of sp³-hybridized carbons (Fsp3) is 0.353. The number of hydrogen-bond donors (Lipinski definition) is 2. The summed E-state index contributed by atoms with van der Waals surface area (Å²) < 4.78 is 26.0. The lowest BCUT2D eigenvalue weighted by Gasteiger charge is -2.12. The summed E-state index contributed by atoms with van der Waals surface area (Å²) in [7, 11) is -1.61. The Bertz CT molecular complexity index is 769. The molecule has 1 aromatic heterocycles. The monoisotopic (exact) mass is 350 g/mol. The van der Waals surface area contributed by atoms with E-state index in [4.69, 9.17) is 0 Å². The highest BCUT2D eigenvalue weighted by Crippen LogP contribution is 2.15. The van der Waals surface area contributed by atoms with E-state index in [1.807, 2.05) is 29.9 Å². The Hall–Kier alpha value is -2.12. The molecule has 130 valence electrons.